The van der Waals surface area contributed by atoms with E-state index in [-0.39, 0.29) is 17.7 Å². The summed E-state index contributed by atoms with van der Waals surface area (Å²) in [6.07, 6.45) is 6.54. The largest absolute Gasteiger partial charge is 0.381 e. The second-order valence-corrected chi connectivity index (χ2v) is 9.48. The predicted molar refractivity (Wildman–Crippen MR) is 122 cm³/mol. The van der Waals surface area contributed by atoms with Crippen LogP contribution >= 0.6 is 0 Å². The van der Waals surface area contributed by atoms with E-state index in [0.29, 0.717) is 24.7 Å². The van der Waals surface area contributed by atoms with Crippen molar-refractivity contribution in [3.63, 3.8) is 0 Å². The highest BCUT2D eigenvalue weighted by Gasteiger charge is 2.30. The molecule has 0 bridgehead atoms. The van der Waals surface area contributed by atoms with Gasteiger partial charge in [0.25, 0.3) is 0 Å². The summed E-state index contributed by atoms with van der Waals surface area (Å²) >= 11 is 0. The number of carbonyl (C=O) groups excluding carboxylic acids is 2. The van der Waals surface area contributed by atoms with Gasteiger partial charge in [-0.1, -0.05) is 23.4 Å². The molecule has 1 aromatic heterocycles. The number of para-hydroxylation sites is 1. The van der Waals surface area contributed by atoms with Crippen LogP contribution < -0.4 is 5.32 Å². The van der Waals surface area contributed by atoms with E-state index in [1.165, 1.54) is 0 Å². The first-order valence-corrected chi connectivity index (χ1v) is 12.2. The number of likely N-dealkylation sites (tertiary alicyclic amines) is 1. The summed E-state index contributed by atoms with van der Waals surface area (Å²) in [5, 5.41) is 7.14. The molecule has 1 unspecified atom stereocenters. The molecule has 1 aromatic carbocycles. The number of carbonyl (C=O) groups is 2. The molecule has 8 nitrogen and oxygen atoms in total. The molecule has 176 valence electrons. The van der Waals surface area contributed by atoms with Crippen LogP contribution in [0.3, 0.4) is 0 Å². The summed E-state index contributed by atoms with van der Waals surface area (Å²) in [7, 11) is 0. The highest BCUT2D eigenvalue weighted by atomic mass is 16.5. The summed E-state index contributed by atoms with van der Waals surface area (Å²) < 4.78 is 10.9. The van der Waals surface area contributed by atoms with Crippen molar-refractivity contribution in [1.29, 1.82) is 0 Å². The number of fused-ring (bicyclic) bond motifs is 1. The van der Waals surface area contributed by atoms with Crippen molar-refractivity contribution in [2.45, 2.75) is 63.2 Å². The van der Waals surface area contributed by atoms with E-state index in [1.54, 1.807) is 0 Å². The van der Waals surface area contributed by atoms with Crippen molar-refractivity contribution in [2.24, 2.45) is 5.92 Å². The van der Waals surface area contributed by atoms with Gasteiger partial charge in [0.15, 0.2) is 5.82 Å². The van der Waals surface area contributed by atoms with E-state index >= 15 is 0 Å². The molecule has 2 aromatic rings. The van der Waals surface area contributed by atoms with E-state index in [0.717, 1.165) is 87.8 Å². The second kappa shape index (κ2) is 10.0. The normalized spacial score (nSPS) is 21.8. The maximum absolute atomic E-state index is 12.7. The molecule has 0 spiro atoms. The Morgan fingerprint density at radius 3 is 2.73 bits per heavy atom. The summed E-state index contributed by atoms with van der Waals surface area (Å²) in [6, 6.07) is 7.82. The van der Waals surface area contributed by atoms with Gasteiger partial charge in [0.1, 0.15) is 0 Å². The molecular weight excluding hydrogens is 420 g/mol. The third-order valence-corrected chi connectivity index (χ3v) is 7.29. The number of amides is 2. The molecule has 3 aliphatic rings. The number of piperidine rings is 1. The minimum absolute atomic E-state index is 0.0467. The third kappa shape index (κ3) is 5.11. The Morgan fingerprint density at radius 1 is 1.12 bits per heavy atom. The molecule has 2 fully saturated rings. The van der Waals surface area contributed by atoms with Gasteiger partial charge >= 0.3 is 0 Å². The molecule has 33 heavy (non-hydrogen) atoms. The van der Waals surface area contributed by atoms with Crippen LogP contribution in [0.2, 0.25) is 0 Å². The molecule has 1 N–H and O–H groups in total. The quantitative estimate of drug-likeness (QED) is 0.689. The van der Waals surface area contributed by atoms with Crippen LogP contribution in [-0.4, -0.2) is 53.2 Å². The van der Waals surface area contributed by atoms with Gasteiger partial charge in [0, 0.05) is 50.8 Å². The van der Waals surface area contributed by atoms with E-state index in [2.05, 4.69) is 15.5 Å². The summed E-state index contributed by atoms with van der Waals surface area (Å²) in [5.41, 5.74) is 1.96. The van der Waals surface area contributed by atoms with Crippen LogP contribution in [0, 0.1) is 5.92 Å². The SMILES string of the molecule is O=C1Nc2ccccc2C1CCCC(=O)N1CCC(Cc2nc(C3CCOCC3)no2)CC1. The lowest BCUT2D eigenvalue weighted by atomic mass is 9.92. The number of nitrogens with zero attached hydrogens (tertiary/aromatic N) is 3. The minimum Gasteiger partial charge on any atom is -0.381 e. The second-order valence-electron chi connectivity index (χ2n) is 9.48. The fraction of sp³-hybridized carbons (Fsp3) is 0.600. The van der Waals surface area contributed by atoms with Gasteiger partial charge in [-0.2, -0.15) is 4.98 Å². The van der Waals surface area contributed by atoms with Crippen LogP contribution in [0.25, 0.3) is 0 Å². The Bertz CT molecular complexity index is 976. The molecular formula is C25H32N4O4. The average molecular weight is 453 g/mol. The average Bonchev–Trinajstić information content (AvgIpc) is 3.44. The lowest BCUT2D eigenvalue weighted by Gasteiger charge is -2.31. The van der Waals surface area contributed by atoms with Crippen molar-refractivity contribution in [2.75, 3.05) is 31.6 Å². The van der Waals surface area contributed by atoms with Crippen molar-refractivity contribution >= 4 is 17.5 Å². The van der Waals surface area contributed by atoms with Crippen molar-refractivity contribution in [3.8, 4) is 0 Å². The van der Waals surface area contributed by atoms with Crippen LogP contribution in [0.15, 0.2) is 28.8 Å². The number of hydrogen-bond acceptors (Lipinski definition) is 6. The topological polar surface area (TPSA) is 97.6 Å². The van der Waals surface area contributed by atoms with E-state index in [9.17, 15) is 9.59 Å². The Labute approximate surface area is 194 Å². The number of rotatable bonds is 7. The molecule has 0 saturated carbocycles. The van der Waals surface area contributed by atoms with Crippen LogP contribution in [0.1, 0.15) is 74.1 Å². The van der Waals surface area contributed by atoms with Crippen molar-refractivity contribution in [3.05, 3.63) is 41.5 Å². The number of hydrogen-bond donors (Lipinski definition) is 1. The Kier molecular flexibility index (Phi) is 6.71. The van der Waals surface area contributed by atoms with Crippen molar-refractivity contribution < 1.29 is 18.8 Å². The first-order chi connectivity index (χ1) is 16.2. The van der Waals surface area contributed by atoms with Gasteiger partial charge in [-0.25, -0.2) is 0 Å². The number of aromatic nitrogens is 2. The first-order valence-electron chi connectivity index (χ1n) is 12.2. The van der Waals surface area contributed by atoms with E-state index < -0.39 is 0 Å². The Hall–Kier alpha value is -2.74. The lowest BCUT2D eigenvalue weighted by molar-refractivity contribution is -0.132. The monoisotopic (exact) mass is 452 g/mol. The lowest BCUT2D eigenvalue weighted by Crippen LogP contribution is -2.38. The summed E-state index contributed by atoms with van der Waals surface area (Å²) in [4.78, 5) is 31.6. The number of benzene rings is 1. The zero-order valence-corrected chi connectivity index (χ0v) is 19.0. The zero-order chi connectivity index (χ0) is 22.6. The smallest absolute Gasteiger partial charge is 0.232 e. The Balaban J connectivity index is 1.04. The van der Waals surface area contributed by atoms with Gasteiger partial charge in [-0.15, -0.1) is 0 Å². The van der Waals surface area contributed by atoms with E-state index in [1.807, 2.05) is 29.2 Å². The third-order valence-electron chi connectivity index (χ3n) is 7.29. The minimum atomic E-state index is -0.139. The molecule has 0 radical (unpaired) electrons. The molecule has 4 heterocycles. The van der Waals surface area contributed by atoms with Crippen LogP contribution in [-0.2, 0) is 20.7 Å². The number of ether oxygens (including phenoxy) is 1. The van der Waals surface area contributed by atoms with Gasteiger partial charge in [-0.3, -0.25) is 9.59 Å². The molecule has 3 aliphatic heterocycles. The number of anilines is 1. The van der Waals surface area contributed by atoms with E-state index in [4.69, 9.17) is 9.26 Å². The molecule has 2 amide bonds. The maximum atomic E-state index is 12.7. The molecule has 0 aliphatic carbocycles. The molecule has 1 atom stereocenters. The first kappa shape index (κ1) is 22.1. The fourth-order valence-corrected chi connectivity index (χ4v) is 5.28. The fourth-order valence-electron chi connectivity index (χ4n) is 5.28. The number of nitrogens with one attached hydrogen (secondary N) is 1. The zero-order valence-electron chi connectivity index (χ0n) is 19.0. The molecule has 2 saturated heterocycles. The van der Waals surface area contributed by atoms with Crippen LogP contribution in [0.4, 0.5) is 5.69 Å². The van der Waals surface area contributed by atoms with Gasteiger partial charge in [-0.05, 0) is 56.1 Å². The predicted octanol–water partition coefficient (Wildman–Crippen LogP) is 3.65. The van der Waals surface area contributed by atoms with Crippen molar-refractivity contribution in [1.82, 2.24) is 15.0 Å². The summed E-state index contributed by atoms with van der Waals surface area (Å²) in [5.74, 6) is 2.46. The van der Waals surface area contributed by atoms with Gasteiger partial charge < -0.3 is 19.5 Å². The van der Waals surface area contributed by atoms with Gasteiger partial charge in [0.2, 0.25) is 17.7 Å². The molecule has 5 rings (SSSR count). The van der Waals surface area contributed by atoms with Crippen LogP contribution in [0.5, 0.6) is 0 Å². The van der Waals surface area contributed by atoms with Gasteiger partial charge in [0.05, 0.1) is 5.92 Å². The standard InChI is InChI=1S/C25H32N4O4/c30-23(7-3-5-20-19-4-1-2-6-21(19)26-25(20)31)29-12-8-17(9-13-29)16-22-27-24(28-33-22)18-10-14-32-15-11-18/h1-2,4,6,17-18,20H,3,5,7-16H2,(H,26,31). The maximum Gasteiger partial charge on any atom is 0.232 e. The summed E-state index contributed by atoms with van der Waals surface area (Å²) in [6.45, 7) is 3.08. The molecule has 8 heteroatoms. The Morgan fingerprint density at radius 2 is 1.91 bits per heavy atom. The highest BCUT2D eigenvalue weighted by Crippen LogP contribution is 2.35. The highest BCUT2D eigenvalue weighted by molar-refractivity contribution is 6.02.